The zero-order valence-corrected chi connectivity index (χ0v) is 16.1. The van der Waals surface area contributed by atoms with Gasteiger partial charge in [0, 0.05) is 30.8 Å². The van der Waals surface area contributed by atoms with Crippen LogP contribution in [0.15, 0.2) is 18.2 Å². The molecular weight excluding hydrogens is 328 g/mol. The molecule has 1 amide bonds. The van der Waals surface area contributed by atoms with E-state index >= 15 is 0 Å². The SMILES string of the molecule is COc1ccc(CC(=O)NC[C@@H]2CCN(C3CCCCC3)C2)c(OC)c1. The summed E-state index contributed by atoms with van der Waals surface area (Å²) in [6.45, 7) is 3.11. The van der Waals surface area contributed by atoms with Crippen molar-refractivity contribution in [2.75, 3.05) is 33.9 Å². The topological polar surface area (TPSA) is 50.8 Å². The van der Waals surface area contributed by atoms with E-state index in [9.17, 15) is 4.79 Å². The van der Waals surface area contributed by atoms with Crippen molar-refractivity contribution >= 4 is 5.91 Å². The Hall–Kier alpha value is -1.75. The number of carbonyl (C=O) groups is 1. The molecule has 1 saturated heterocycles. The Morgan fingerprint density at radius 1 is 1.15 bits per heavy atom. The maximum absolute atomic E-state index is 12.4. The number of nitrogens with zero attached hydrogens (tertiary/aromatic N) is 1. The van der Waals surface area contributed by atoms with Crippen molar-refractivity contribution in [2.45, 2.75) is 51.0 Å². The number of hydrogen-bond acceptors (Lipinski definition) is 4. The monoisotopic (exact) mass is 360 g/mol. The van der Waals surface area contributed by atoms with Gasteiger partial charge in [-0.05, 0) is 37.8 Å². The van der Waals surface area contributed by atoms with E-state index in [1.165, 1.54) is 45.1 Å². The number of methoxy groups -OCH3 is 2. The Kier molecular flexibility index (Phi) is 6.78. The number of nitrogens with one attached hydrogen (secondary N) is 1. The molecule has 144 valence electrons. The first-order valence-corrected chi connectivity index (χ1v) is 9.91. The summed E-state index contributed by atoms with van der Waals surface area (Å²) in [7, 11) is 3.24. The lowest BCUT2D eigenvalue weighted by atomic mass is 9.94. The molecule has 0 radical (unpaired) electrons. The van der Waals surface area contributed by atoms with E-state index in [1.807, 2.05) is 18.2 Å². The van der Waals surface area contributed by atoms with Gasteiger partial charge in [-0.2, -0.15) is 0 Å². The largest absolute Gasteiger partial charge is 0.497 e. The second-order valence-electron chi connectivity index (χ2n) is 7.60. The molecule has 26 heavy (non-hydrogen) atoms. The number of carbonyl (C=O) groups excluding carboxylic acids is 1. The Morgan fingerprint density at radius 3 is 2.69 bits per heavy atom. The van der Waals surface area contributed by atoms with Crippen LogP contribution < -0.4 is 14.8 Å². The molecule has 3 rings (SSSR count). The van der Waals surface area contributed by atoms with Crippen molar-refractivity contribution in [3.05, 3.63) is 23.8 Å². The predicted molar refractivity (Wildman–Crippen MR) is 103 cm³/mol. The summed E-state index contributed by atoms with van der Waals surface area (Å²) in [6.07, 6.45) is 8.42. The third kappa shape index (κ3) is 4.91. The zero-order valence-electron chi connectivity index (χ0n) is 16.1. The maximum Gasteiger partial charge on any atom is 0.224 e. The highest BCUT2D eigenvalue weighted by molar-refractivity contribution is 5.79. The van der Waals surface area contributed by atoms with Gasteiger partial charge in [0.2, 0.25) is 5.91 Å². The highest BCUT2D eigenvalue weighted by atomic mass is 16.5. The van der Waals surface area contributed by atoms with Crippen molar-refractivity contribution in [3.8, 4) is 11.5 Å². The summed E-state index contributed by atoms with van der Waals surface area (Å²) in [6, 6.07) is 6.37. The normalized spacial score (nSPS) is 21.5. The summed E-state index contributed by atoms with van der Waals surface area (Å²) in [5.41, 5.74) is 0.890. The number of amides is 1. The van der Waals surface area contributed by atoms with Crippen molar-refractivity contribution in [3.63, 3.8) is 0 Å². The third-order valence-electron chi connectivity index (χ3n) is 5.84. The van der Waals surface area contributed by atoms with Gasteiger partial charge in [-0.1, -0.05) is 25.3 Å². The molecule has 2 aliphatic rings. The van der Waals surface area contributed by atoms with E-state index in [0.29, 0.717) is 18.1 Å². The van der Waals surface area contributed by atoms with Gasteiger partial charge in [0.05, 0.1) is 20.6 Å². The first-order valence-electron chi connectivity index (χ1n) is 9.91. The van der Waals surface area contributed by atoms with Crippen LogP contribution in [-0.2, 0) is 11.2 Å². The highest BCUT2D eigenvalue weighted by Crippen LogP contribution is 2.28. The van der Waals surface area contributed by atoms with Crippen LogP contribution in [0.5, 0.6) is 11.5 Å². The highest BCUT2D eigenvalue weighted by Gasteiger charge is 2.29. The minimum atomic E-state index is 0.0598. The van der Waals surface area contributed by atoms with Gasteiger partial charge in [-0.3, -0.25) is 4.79 Å². The average molecular weight is 360 g/mol. The van der Waals surface area contributed by atoms with Crippen LogP contribution in [0.4, 0.5) is 0 Å². The van der Waals surface area contributed by atoms with E-state index < -0.39 is 0 Å². The van der Waals surface area contributed by atoms with E-state index in [-0.39, 0.29) is 5.91 Å². The van der Waals surface area contributed by atoms with E-state index in [2.05, 4.69) is 10.2 Å². The summed E-state index contributed by atoms with van der Waals surface area (Å²) < 4.78 is 10.6. The molecule has 1 atom stereocenters. The fourth-order valence-corrected chi connectivity index (χ4v) is 4.30. The maximum atomic E-state index is 12.4. The summed E-state index contributed by atoms with van der Waals surface area (Å²) in [4.78, 5) is 15.0. The summed E-state index contributed by atoms with van der Waals surface area (Å²) in [5.74, 6) is 2.08. The molecule has 2 fully saturated rings. The van der Waals surface area contributed by atoms with Crippen LogP contribution in [0.3, 0.4) is 0 Å². The second-order valence-corrected chi connectivity index (χ2v) is 7.60. The first kappa shape index (κ1) is 19.0. The van der Waals surface area contributed by atoms with E-state index in [0.717, 1.165) is 30.4 Å². The lowest BCUT2D eigenvalue weighted by Gasteiger charge is -2.31. The number of ether oxygens (including phenoxy) is 2. The average Bonchev–Trinajstić information content (AvgIpc) is 3.16. The lowest BCUT2D eigenvalue weighted by molar-refractivity contribution is -0.120. The van der Waals surface area contributed by atoms with Crippen LogP contribution in [-0.4, -0.2) is 50.7 Å². The standard InChI is InChI=1S/C21H32N2O3/c1-25-19-9-8-17(20(13-19)26-2)12-21(24)22-14-16-10-11-23(15-16)18-6-4-3-5-7-18/h8-9,13,16,18H,3-7,10-12,14-15H2,1-2H3,(H,22,24)/t16-/m0/s1. The Labute approximate surface area is 157 Å². The van der Waals surface area contributed by atoms with Gasteiger partial charge in [0.1, 0.15) is 11.5 Å². The van der Waals surface area contributed by atoms with Crippen LogP contribution in [0, 0.1) is 5.92 Å². The van der Waals surface area contributed by atoms with Gasteiger partial charge in [0.25, 0.3) is 0 Å². The minimum absolute atomic E-state index is 0.0598. The van der Waals surface area contributed by atoms with Gasteiger partial charge >= 0.3 is 0 Å². The molecule has 0 bridgehead atoms. The first-order chi connectivity index (χ1) is 12.7. The molecular formula is C21H32N2O3. The number of benzene rings is 1. The molecule has 1 saturated carbocycles. The lowest BCUT2D eigenvalue weighted by Crippen LogP contribution is -2.36. The van der Waals surface area contributed by atoms with Gasteiger partial charge in [-0.25, -0.2) is 0 Å². The fraction of sp³-hybridized carbons (Fsp3) is 0.667. The molecule has 0 spiro atoms. The third-order valence-corrected chi connectivity index (χ3v) is 5.84. The van der Waals surface area contributed by atoms with Crippen molar-refractivity contribution < 1.29 is 14.3 Å². The Bertz CT molecular complexity index is 599. The molecule has 1 aromatic carbocycles. The summed E-state index contributed by atoms with van der Waals surface area (Å²) in [5, 5.41) is 3.12. The molecule has 1 aromatic rings. The number of likely N-dealkylation sites (tertiary alicyclic amines) is 1. The van der Waals surface area contributed by atoms with E-state index in [4.69, 9.17) is 9.47 Å². The number of rotatable bonds is 7. The smallest absolute Gasteiger partial charge is 0.224 e. The summed E-state index contributed by atoms with van der Waals surface area (Å²) >= 11 is 0. The van der Waals surface area contributed by atoms with Gasteiger partial charge < -0.3 is 19.7 Å². The van der Waals surface area contributed by atoms with Gasteiger partial charge in [-0.15, -0.1) is 0 Å². The zero-order chi connectivity index (χ0) is 18.4. The van der Waals surface area contributed by atoms with Crippen molar-refractivity contribution in [1.82, 2.24) is 10.2 Å². The van der Waals surface area contributed by atoms with Crippen LogP contribution >= 0.6 is 0 Å². The molecule has 1 aliphatic heterocycles. The predicted octanol–water partition coefficient (Wildman–Crippen LogP) is 3.02. The Morgan fingerprint density at radius 2 is 1.96 bits per heavy atom. The van der Waals surface area contributed by atoms with E-state index in [1.54, 1.807) is 14.2 Å². The molecule has 0 unspecified atom stereocenters. The fourth-order valence-electron chi connectivity index (χ4n) is 4.30. The molecule has 1 aliphatic carbocycles. The molecule has 5 heteroatoms. The van der Waals surface area contributed by atoms with Crippen molar-refractivity contribution in [1.29, 1.82) is 0 Å². The number of hydrogen-bond donors (Lipinski definition) is 1. The van der Waals surface area contributed by atoms with Crippen molar-refractivity contribution in [2.24, 2.45) is 5.92 Å². The molecule has 1 N–H and O–H groups in total. The minimum Gasteiger partial charge on any atom is -0.497 e. The second kappa shape index (κ2) is 9.26. The van der Waals surface area contributed by atoms with Crippen LogP contribution in [0.1, 0.15) is 44.1 Å². The van der Waals surface area contributed by atoms with Crippen LogP contribution in [0.2, 0.25) is 0 Å². The quantitative estimate of drug-likeness (QED) is 0.812. The van der Waals surface area contributed by atoms with Gasteiger partial charge in [0.15, 0.2) is 0 Å². The Balaban J connectivity index is 1.44. The van der Waals surface area contributed by atoms with Crippen LogP contribution in [0.25, 0.3) is 0 Å². The molecule has 1 heterocycles. The molecule has 0 aromatic heterocycles. The molecule has 5 nitrogen and oxygen atoms in total.